The Balaban J connectivity index is 2.00. The molecule has 0 bridgehead atoms. The van der Waals surface area contributed by atoms with E-state index in [0.717, 1.165) is 15.3 Å². The van der Waals surface area contributed by atoms with Crippen molar-refractivity contribution < 1.29 is 4.79 Å². The van der Waals surface area contributed by atoms with Gasteiger partial charge >= 0.3 is 0 Å². The number of nitrogens with zero attached hydrogens (tertiary/aromatic N) is 2. The summed E-state index contributed by atoms with van der Waals surface area (Å²) in [5.41, 5.74) is 1.38. The van der Waals surface area contributed by atoms with Crippen LogP contribution in [0.3, 0.4) is 0 Å². The van der Waals surface area contributed by atoms with Crippen molar-refractivity contribution in [1.82, 2.24) is 9.55 Å². The second-order valence-electron chi connectivity index (χ2n) is 5.97. The number of hydrogen-bond acceptors (Lipinski definition) is 4. The van der Waals surface area contributed by atoms with Crippen LogP contribution in [0.5, 0.6) is 0 Å². The van der Waals surface area contributed by atoms with Gasteiger partial charge in [0.15, 0.2) is 0 Å². The average molecular weight is 376 g/mol. The van der Waals surface area contributed by atoms with Crippen molar-refractivity contribution in [3.8, 4) is 0 Å². The van der Waals surface area contributed by atoms with Gasteiger partial charge in [-0.3, -0.25) is 14.2 Å². The zero-order valence-corrected chi connectivity index (χ0v) is 16.0. The molecule has 25 heavy (non-hydrogen) atoms. The van der Waals surface area contributed by atoms with Gasteiger partial charge in [-0.2, -0.15) is 0 Å². The van der Waals surface area contributed by atoms with Crippen LogP contribution in [-0.2, 0) is 4.79 Å². The van der Waals surface area contributed by atoms with Crippen molar-refractivity contribution in [3.63, 3.8) is 0 Å². The minimum absolute atomic E-state index is 0.178. The molecule has 7 heteroatoms. The van der Waals surface area contributed by atoms with E-state index in [2.05, 4.69) is 10.3 Å². The number of hydrogen-bond donors (Lipinski definition) is 1. The first-order valence-corrected chi connectivity index (χ1v) is 9.04. The van der Waals surface area contributed by atoms with Crippen LogP contribution in [-0.4, -0.2) is 15.5 Å². The molecule has 3 aromatic rings. The first-order chi connectivity index (χ1) is 11.8. The van der Waals surface area contributed by atoms with Crippen LogP contribution in [0.2, 0.25) is 5.02 Å². The Bertz CT molecular complexity index is 1020. The number of benzene rings is 1. The molecule has 0 saturated carbocycles. The zero-order chi connectivity index (χ0) is 18.3. The Morgan fingerprint density at radius 1 is 1.24 bits per heavy atom. The van der Waals surface area contributed by atoms with Gasteiger partial charge in [-0.15, -0.1) is 11.3 Å². The summed E-state index contributed by atoms with van der Waals surface area (Å²) in [5, 5.41) is 4.00. The predicted molar refractivity (Wildman–Crippen MR) is 103 cm³/mol. The minimum Gasteiger partial charge on any atom is -0.324 e. The molecule has 1 aromatic carbocycles. The largest absolute Gasteiger partial charge is 0.324 e. The lowest BCUT2D eigenvalue weighted by Crippen LogP contribution is -2.33. The molecule has 3 rings (SSSR count). The molecule has 5 nitrogen and oxygen atoms in total. The van der Waals surface area contributed by atoms with Gasteiger partial charge in [0.2, 0.25) is 5.91 Å². The number of aromatic nitrogens is 2. The molecule has 1 unspecified atom stereocenters. The highest BCUT2D eigenvalue weighted by molar-refractivity contribution is 7.18. The number of rotatable bonds is 3. The molecule has 0 fully saturated rings. The van der Waals surface area contributed by atoms with E-state index in [-0.39, 0.29) is 11.5 Å². The monoisotopic (exact) mass is 375 g/mol. The smallest absolute Gasteiger partial charge is 0.263 e. The number of fused-ring (bicyclic) bond motifs is 1. The van der Waals surface area contributed by atoms with Gasteiger partial charge in [-0.05, 0) is 57.5 Å². The normalized spacial score (nSPS) is 12.4. The third-order valence-corrected chi connectivity index (χ3v) is 5.64. The van der Waals surface area contributed by atoms with Crippen molar-refractivity contribution in [2.75, 3.05) is 5.32 Å². The molecule has 0 aliphatic heterocycles. The molecule has 2 heterocycles. The Kier molecular flexibility index (Phi) is 4.67. The number of nitrogens with one attached hydrogen (secondary N) is 1. The van der Waals surface area contributed by atoms with Crippen molar-refractivity contribution >= 4 is 44.7 Å². The number of thiophene rings is 1. The number of halogens is 1. The van der Waals surface area contributed by atoms with Gasteiger partial charge in [-0.25, -0.2) is 4.98 Å². The molecule has 0 spiro atoms. The van der Waals surface area contributed by atoms with E-state index < -0.39 is 6.04 Å². The van der Waals surface area contributed by atoms with Crippen molar-refractivity contribution in [2.24, 2.45) is 0 Å². The van der Waals surface area contributed by atoms with Crippen molar-refractivity contribution in [3.05, 3.63) is 55.9 Å². The molecular weight excluding hydrogens is 358 g/mol. The Morgan fingerprint density at radius 3 is 2.52 bits per heavy atom. The quantitative estimate of drug-likeness (QED) is 0.744. The fourth-order valence-corrected chi connectivity index (χ4v) is 3.95. The molecule has 1 N–H and O–H groups in total. The molecule has 0 aliphatic rings. The summed E-state index contributed by atoms with van der Waals surface area (Å²) in [5.74, 6) is 0.246. The Morgan fingerprint density at radius 2 is 1.88 bits per heavy atom. The van der Waals surface area contributed by atoms with Crippen LogP contribution < -0.4 is 10.9 Å². The lowest BCUT2D eigenvalue weighted by Gasteiger charge is -2.17. The Labute approximate surface area is 154 Å². The van der Waals surface area contributed by atoms with Gasteiger partial charge in [0.1, 0.15) is 16.7 Å². The summed E-state index contributed by atoms with van der Waals surface area (Å²) in [6.07, 6.45) is 0. The van der Waals surface area contributed by atoms with Gasteiger partial charge in [-0.1, -0.05) is 11.6 Å². The van der Waals surface area contributed by atoms with E-state index in [9.17, 15) is 9.59 Å². The van der Waals surface area contributed by atoms with Crippen molar-refractivity contribution in [2.45, 2.75) is 33.7 Å². The molecule has 1 atom stereocenters. The topological polar surface area (TPSA) is 64.0 Å². The minimum atomic E-state index is -0.681. The highest BCUT2D eigenvalue weighted by atomic mass is 35.5. The van der Waals surface area contributed by atoms with E-state index in [0.29, 0.717) is 21.9 Å². The maximum atomic E-state index is 13.0. The van der Waals surface area contributed by atoms with Crippen LogP contribution in [0.25, 0.3) is 10.2 Å². The molecule has 0 radical (unpaired) electrons. The lowest BCUT2D eigenvalue weighted by atomic mass is 10.2. The summed E-state index contributed by atoms with van der Waals surface area (Å²) >= 11 is 7.36. The van der Waals surface area contributed by atoms with Gasteiger partial charge in [0.25, 0.3) is 5.56 Å². The summed E-state index contributed by atoms with van der Waals surface area (Å²) < 4.78 is 1.45. The summed E-state index contributed by atoms with van der Waals surface area (Å²) in [7, 11) is 0. The number of aryl methyl sites for hydroxylation is 3. The maximum absolute atomic E-state index is 13.0. The van der Waals surface area contributed by atoms with Crippen molar-refractivity contribution in [1.29, 1.82) is 0 Å². The average Bonchev–Trinajstić information content (AvgIpc) is 2.83. The van der Waals surface area contributed by atoms with Crippen LogP contribution in [0.4, 0.5) is 5.69 Å². The molecule has 0 aliphatic carbocycles. The molecule has 130 valence electrons. The fraction of sp³-hybridized carbons (Fsp3) is 0.278. The van der Waals surface area contributed by atoms with E-state index in [4.69, 9.17) is 11.6 Å². The van der Waals surface area contributed by atoms with Gasteiger partial charge < -0.3 is 5.32 Å². The van der Waals surface area contributed by atoms with E-state index >= 15 is 0 Å². The van der Waals surface area contributed by atoms with Crippen LogP contribution in [0.1, 0.15) is 29.2 Å². The standard InChI is InChI=1S/C18H18ClN3O2S/c1-9-11(3)25-17-15(9)18(24)22(12(4)20-17)10(2)16(23)21-14-7-5-13(19)6-8-14/h5-8,10H,1-4H3,(H,21,23). The molecule has 1 amide bonds. The SMILES string of the molecule is Cc1sc2nc(C)n(C(C)C(=O)Nc3ccc(Cl)cc3)c(=O)c2c1C. The number of carbonyl (C=O) groups excluding carboxylic acids is 1. The van der Waals surface area contributed by atoms with E-state index in [1.807, 2.05) is 13.8 Å². The molecular formula is C18H18ClN3O2S. The fourth-order valence-electron chi connectivity index (χ4n) is 2.76. The highest BCUT2D eigenvalue weighted by Gasteiger charge is 2.22. The van der Waals surface area contributed by atoms with Crippen LogP contribution >= 0.6 is 22.9 Å². The number of amides is 1. The van der Waals surface area contributed by atoms with Crippen LogP contribution in [0, 0.1) is 20.8 Å². The summed E-state index contributed by atoms with van der Waals surface area (Å²) in [6, 6.07) is 6.15. The molecule has 2 aromatic heterocycles. The van der Waals surface area contributed by atoms with Gasteiger partial charge in [0, 0.05) is 15.6 Å². The molecule has 0 saturated heterocycles. The lowest BCUT2D eigenvalue weighted by molar-refractivity contribution is -0.118. The highest BCUT2D eigenvalue weighted by Crippen LogP contribution is 2.27. The zero-order valence-electron chi connectivity index (χ0n) is 14.4. The third-order valence-electron chi connectivity index (χ3n) is 4.29. The summed E-state index contributed by atoms with van der Waals surface area (Å²) in [4.78, 5) is 31.9. The third kappa shape index (κ3) is 3.19. The Hall–Kier alpha value is -2.18. The first kappa shape index (κ1) is 17.6. The number of carbonyl (C=O) groups is 1. The predicted octanol–water partition coefficient (Wildman–Crippen LogP) is 4.24. The van der Waals surface area contributed by atoms with E-state index in [1.54, 1.807) is 38.1 Å². The summed E-state index contributed by atoms with van der Waals surface area (Å²) in [6.45, 7) is 7.33. The second kappa shape index (κ2) is 6.61. The first-order valence-electron chi connectivity index (χ1n) is 7.85. The number of anilines is 1. The second-order valence-corrected chi connectivity index (χ2v) is 7.61. The van der Waals surface area contributed by atoms with E-state index in [1.165, 1.54) is 15.9 Å². The van der Waals surface area contributed by atoms with Gasteiger partial charge in [0.05, 0.1) is 5.39 Å². The maximum Gasteiger partial charge on any atom is 0.263 e. The van der Waals surface area contributed by atoms with Crippen LogP contribution in [0.15, 0.2) is 29.1 Å².